The van der Waals surface area contributed by atoms with Gasteiger partial charge in [-0.25, -0.2) is 0 Å². The minimum atomic E-state index is 0.213. The summed E-state index contributed by atoms with van der Waals surface area (Å²) in [5, 5.41) is 0. The van der Waals surface area contributed by atoms with Gasteiger partial charge in [-0.3, -0.25) is 0 Å². The maximum atomic E-state index is 2.30. The molecule has 0 amide bonds. The molecule has 0 radical (unpaired) electrons. The van der Waals surface area contributed by atoms with Crippen molar-refractivity contribution < 1.29 is 21.5 Å². The van der Waals surface area contributed by atoms with Crippen LogP contribution < -0.4 is 21.5 Å². The predicted octanol–water partition coefficient (Wildman–Crippen LogP) is -0.735. The summed E-state index contributed by atoms with van der Waals surface area (Å²) in [6.45, 7) is 0. The van der Waals surface area contributed by atoms with Crippen molar-refractivity contribution in [3.63, 3.8) is 0 Å². The molecule has 0 saturated carbocycles. The van der Waals surface area contributed by atoms with Crippen LogP contribution in [0, 0.1) is 0 Å². The van der Waals surface area contributed by atoms with Crippen LogP contribution >= 0.6 is 0 Å². The van der Waals surface area contributed by atoms with Gasteiger partial charge >= 0.3 is 91.2 Å². The van der Waals surface area contributed by atoms with Crippen LogP contribution in [0.4, 0.5) is 0 Å². The van der Waals surface area contributed by atoms with Gasteiger partial charge in [0.05, 0.1) is 0 Å². The molecule has 0 N–H and O–H groups in total. The van der Waals surface area contributed by atoms with E-state index in [0.29, 0.717) is 0 Å². The molecule has 0 fully saturated rings. The van der Waals surface area contributed by atoms with Crippen LogP contribution in [-0.2, 0) is 0 Å². The Morgan fingerprint density at radius 2 is 1.92 bits per heavy atom. The summed E-state index contributed by atoms with van der Waals surface area (Å²) < 4.78 is 3.52. The van der Waals surface area contributed by atoms with Gasteiger partial charge in [-0.05, 0) is 0 Å². The van der Waals surface area contributed by atoms with Crippen LogP contribution in [0.2, 0.25) is 0 Å². The molecule has 1 rings (SSSR count). The van der Waals surface area contributed by atoms with Crippen LogP contribution in [-0.4, -0.2) is 21.6 Å². The number of rotatable bonds is 4. The number of benzene rings is 1. The summed E-state index contributed by atoms with van der Waals surface area (Å²) in [5.41, 5.74) is 1.30. The van der Waals surface area contributed by atoms with Gasteiger partial charge in [-0.15, -0.1) is 0 Å². The maximum absolute atomic E-state index is 2.30. The average molecular weight is 288 g/mol. The van der Waals surface area contributed by atoms with Crippen molar-refractivity contribution in [3.8, 4) is 0 Å². The van der Waals surface area contributed by atoms with E-state index in [2.05, 4.69) is 53.6 Å². The molecule has 0 aliphatic carbocycles. The monoisotopic (exact) mass is 288 g/mol. The van der Waals surface area contributed by atoms with E-state index in [1.165, 1.54) is 9.99 Å². The average Bonchev–Trinajstić information content (AvgIpc) is 2.14. The topological polar surface area (TPSA) is 3.24 Å². The third-order valence-corrected chi connectivity index (χ3v) is 3.77. The van der Waals surface area contributed by atoms with Crippen LogP contribution in [0.25, 0.3) is 6.08 Å². The molecule has 0 spiro atoms. The van der Waals surface area contributed by atoms with E-state index in [0.717, 1.165) is 0 Å². The normalized spacial score (nSPS) is 11.6. The van der Waals surface area contributed by atoms with Crippen molar-refractivity contribution in [2.45, 2.75) is 0 Å². The number of hydrogen-bond acceptors (Lipinski definition) is 1. The molecule has 1 nitrogen and oxygen atoms in total. The minimum absolute atomic E-state index is 0.213. The molecule has 1 aromatic rings. The Balaban J connectivity index is 2.33. The van der Waals surface area contributed by atoms with Gasteiger partial charge in [0.25, 0.3) is 0 Å². The number of nitrogens with zero attached hydrogens (tertiary/aromatic N) is 1. The van der Waals surface area contributed by atoms with E-state index in [-0.39, 0.29) is 21.5 Å². The van der Waals surface area contributed by atoms with E-state index in [1.807, 2.05) is 6.07 Å². The number of alkyl halides is 1. The fourth-order valence-electron chi connectivity index (χ4n) is 0.923. The van der Waals surface area contributed by atoms with Gasteiger partial charge in [0.1, 0.15) is 0 Å². The SMILES string of the molecule is CN(C)[I-]CC=Cc1ccccc1. The van der Waals surface area contributed by atoms with E-state index < -0.39 is 0 Å². The Kier molecular flexibility index (Phi) is 5.08. The first-order chi connectivity index (χ1) is 6.29. The van der Waals surface area contributed by atoms with E-state index in [4.69, 9.17) is 0 Å². The van der Waals surface area contributed by atoms with Gasteiger partial charge in [0.15, 0.2) is 0 Å². The van der Waals surface area contributed by atoms with Gasteiger partial charge < -0.3 is 0 Å². The number of halogens is 1. The third kappa shape index (κ3) is 5.05. The molecule has 0 aromatic heterocycles. The molecule has 0 unspecified atom stereocenters. The van der Waals surface area contributed by atoms with Gasteiger partial charge in [0, 0.05) is 0 Å². The van der Waals surface area contributed by atoms with Gasteiger partial charge in [-0.1, -0.05) is 0 Å². The number of allylic oxidation sites excluding steroid dienone is 1. The van der Waals surface area contributed by atoms with Crippen LogP contribution in [0.1, 0.15) is 5.56 Å². The van der Waals surface area contributed by atoms with E-state index in [1.54, 1.807) is 0 Å². The Morgan fingerprint density at radius 3 is 2.54 bits per heavy atom. The molecule has 0 atom stereocenters. The van der Waals surface area contributed by atoms with Crippen molar-refractivity contribution in [2.24, 2.45) is 0 Å². The summed E-state index contributed by atoms with van der Waals surface area (Å²) in [6, 6.07) is 10.4. The molecular formula is C11H15IN-. The second-order valence-corrected chi connectivity index (χ2v) is 6.36. The first-order valence-electron chi connectivity index (χ1n) is 4.27. The predicted molar refractivity (Wildman–Crippen MR) is 54.0 cm³/mol. The standard InChI is InChI=1S/C11H15IN/c1-13(2)12-10-6-9-11-7-4-3-5-8-11/h3-9H,10H2,1-2H3/q-1. The molecule has 1 aromatic carbocycles. The van der Waals surface area contributed by atoms with Crippen LogP contribution in [0.5, 0.6) is 0 Å². The van der Waals surface area contributed by atoms with E-state index >= 15 is 0 Å². The van der Waals surface area contributed by atoms with Gasteiger partial charge in [0.2, 0.25) is 0 Å². The summed E-state index contributed by atoms with van der Waals surface area (Å²) in [6.07, 6.45) is 4.46. The molecule has 0 aliphatic rings. The van der Waals surface area contributed by atoms with Crippen LogP contribution in [0.3, 0.4) is 0 Å². The zero-order chi connectivity index (χ0) is 9.52. The molecule has 0 saturated heterocycles. The molecule has 13 heavy (non-hydrogen) atoms. The summed E-state index contributed by atoms with van der Waals surface area (Å²) in [4.78, 5) is 0. The Labute approximate surface area is 91.1 Å². The van der Waals surface area contributed by atoms with Crippen molar-refractivity contribution >= 4 is 6.08 Å². The quantitative estimate of drug-likeness (QED) is 0.401. The Morgan fingerprint density at radius 1 is 1.23 bits per heavy atom. The summed E-state index contributed by atoms with van der Waals surface area (Å²) in [7, 11) is 4.28. The molecular weight excluding hydrogens is 273 g/mol. The fourth-order valence-corrected chi connectivity index (χ4v) is 2.19. The second kappa shape index (κ2) is 6.16. The molecule has 0 heterocycles. The second-order valence-electron chi connectivity index (χ2n) is 2.87. The van der Waals surface area contributed by atoms with Crippen molar-refractivity contribution in [2.75, 3.05) is 18.5 Å². The Bertz CT molecular complexity index is 254. The zero-order valence-electron chi connectivity index (χ0n) is 8.07. The van der Waals surface area contributed by atoms with E-state index in [9.17, 15) is 0 Å². The fraction of sp³-hybridized carbons (Fsp3) is 0.273. The first kappa shape index (κ1) is 10.7. The first-order valence-corrected chi connectivity index (χ1v) is 6.76. The van der Waals surface area contributed by atoms with Crippen molar-refractivity contribution in [1.82, 2.24) is 3.11 Å². The summed E-state index contributed by atoms with van der Waals surface area (Å²) in [5.74, 6) is 0. The van der Waals surface area contributed by atoms with Crippen molar-refractivity contribution in [3.05, 3.63) is 42.0 Å². The third-order valence-electron chi connectivity index (χ3n) is 1.51. The number of hydrogen-bond donors (Lipinski definition) is 0. The Hall–Kier alpha value is -0.350. The zero-order valence-corrected chi connectivity index (χ0v) is 10.2. The molecule has 0 aliphatic heterocycles. The molecule has 2 heteroatoms. The molecule has 0 bridgehead atoms. The molecule has 72 valence electrons. The van der Waals surface area contributed by atoms with Gasteiger partial charge in [-0.2, -0.15) is 0 Å². The summed E-state index contributed by atoms with van der Waals surface area (Å²) >= 11 is 0.213. The van der Waals surface area contributed by atoms with Crippen molar-refractivity contribution in [1.29, 1.82) is 0 Å². The van der Waals surface area contributed by atoms with Crippen LogP contribution in [0.15, 0.2) is 36.4 Å².